The second kappa shape index (κ2) is 9.11. The second-order valence-corrected chi connectivity index (χ2v) is 12.6. The summed E-state index contributed by atoms with van der Waals surface area (Å²) in [4.78, 5) is 21.0. The summed E-state index contributed by atoms with van der Waals surface area (Å²) < 4.78 is 11.2. The van der Waals surface area contributed by atoms with Crippen molar-refractivity contribution < 1.29 is 14.3 Å². The third-order valence-corrected chi connectivity index (χ3v) is 9.93. The molecule has 4 heterocycles. The van der Waals surface area contributed by atoms with Crippen LogP contribution in [0.5, 0.6) is 5.75 Å². The number of ether oxygens (including phenoxy) is 2. The van der Waals surface area contributed by atoms with Crippen LogP contribution in [0, 0.1) is 35.0 Å². The molecular weight excluding hydrogens is 488 g/mol. The van der Waals surface area contributed by atoms with E-state index in [1.54, 1.807) is 7.11 Å². The first-order valence-electron chi connectivity index (χ1n) is 14.2. The van der Waals surface area contributed by atoms with Crippen LogP contribution < -0.4 is 4.74 Å². The molecule has 4 aliphatic rings. The number of rotatable bonds is 5. The Balaban J connectivity index is 1.16. The van der Waals surface area contributed by atoms with E-state index in [0.717, 1.165) is 81.9 Å². The summed E-state index contributed by atoms with van der Waals surface area (Å²) in [6, 6.07) is 15.3. The number of amides is 1. The van der Waals surface area contributed by atoms with Crippen LogP contribution in [-0.4, -0.2) is 60.6 Å². The first-order chi connectivity index (χ1) is 18.9. The maximum Gasteiger partial charge on any atom is 0.253 e. The Morgan fingerprint density at radius 1 is 1.15 bits per heavy atom. The molecule has 7 rings (SSSR count). The quantitative estimate of drug-likeness (QED) is 0.495. The fourth-order valence-electron chi connectivity index (χ4n) is 7.64. The van der Waals surface area contributed by atoms with Crippen molar-refractivity contribution in [1.29, 1.82) is 5.26 Å². The van der Waals surface area contributed by atoms with Crippen LogP contribution in [0.1, 0.15) is 58.8 Å². The van der Waals surface area contributed by atoms with E-state index in [0.29, 0.717) is 0 Å². The lowest BCUT2D eigenvalue weighted by molar-refractivity contribution is -0.176. The molecule has 1 saturated carbocycles. The molecule has 1 atom stereocenters. The topological polar surface area (TPSA) is 81.6 Å². The number of likely N-dealkylation sites (tertiary alicyclic amines) is 2. The van der Waals surface area contributed by atoms with Crippen molar-refractivity contribution in [2.45, 2.75) is 45.2 Å². The van der Waals surface area contributed by atoms with E-state index in [1.165, 1.54) is 22.1 Å². The molecule has 0 unspecified atom stereocenters. The second-order valence-electron chi connectivity index (χ2n) is 12.6. The Kier molecular flexibility index (Phi) is 5.76. The van der Waals surface area contributed by atoms with Gasteiger partial charge in [-0.2, -0.15) is 5.26 Å². The van der Waals surface area contributed by atoms with Gasteiger partial charge in [-0.3, -0.25) is 9.69 Å². The summed E-state index contributed by atoms with van der Waals surface area (Å²) in [7, 11) is 1.75. The van der Waals surface area contributed by atoms with E-state index in [-0.39, 0.29) is 28.7 Å². The molecule has 7 nitrogen and oxygen atoms in total. The molecule has 0 radical (unpaired) electrons. The van der Waals surface area contributed by atoms with Gasteiger partial charge in [0.15, 0.2) is 0 Å². The molecule has 2 spiro atoms. The zero-order chi connectivity index (χ0) is 26.8. The molecule has 3 aromatic rings. The molecule has 4 fully saturated rings. The number of benzene rings is 2. The number of nitriles is 1. The molecule has 7 heteroatoms. The normalized spacial score (nSPS) is 27.6. The average molecular weight is 525 g/mol. The van der Waals surface area contributed by atoms with Crippen LogP contribution >= 0.6 is 0 Å². The van der Waals surface area contributed by atoms with E-state index < -0.39 is 0 Å². The molecular formula is C32H36N4O3. The molecule has 3 saturated heterocycles. The molecule has 1 N–H and O–H groups in total. The van der Waals surface area contributed by atoms with Gasteiger partial charge in [-0.25, -0.2) is 0 Å². The number of aromatic nitrogens is 1. The van der Waals surface area contributed by atoms with Crippen molar-refractivity contribution in [2.24, 2.45) is 16.7 Å². The number of carbonyl (C=O) groups is 1. The fourth-order valence-corrected chi connectivity index (χ4v) is 7.64. The van der Waals surface area contributed by atoms with Crippen molar-refractivity contribution in [3.63, 3.8) is 0 Å². The minimum absolute atomic E-state index is 0.117. The molecule has 39 heavy (non-hydrogen) atoms. The van der Waals surface area contributed by atoms with E-state index in [1.807, 2.05) is 23.2 Å². The van der Waals surface area contributed by atoms with Crippen LogP contribution in [-0.2, 0) is 11.3 Å². The molecule has 2 aromatic carbocycles. The lowest BCUT2D eigenvalue weighted by Crippen LogP contribution is -2.67. The Bertz CT molecular complexity index is 1450. The first kappa shape index (κ1) is 24.7. The standard InChI is InChI=1S/C32H36N4O3/c1-21-11-28(38-2)26(25-7-9-34-29(21)25)16-35-10-8-31(12-22(13-31)15-33)14-27(35)23-3-5-24(6-4-23)30(37)36-17-32(18-36)19-39-20-32/h3-7,9,11,22,27,34H,8,10,12-14,16-20H2,1-2H3/t22?,27-,31?/m0/s1. The van der Waals surface area contributed by atoms with Crippen LogP contribution in [0.3, 0.4) is 0 Å². The van der Waals surface area contributed by atoms with Gasteiger partial charge < -0.3 is 19.4 Å². The SMILES string of the molecule is COc1cc(C)c2[nH]ccc2c1CN1CCC2(CC(C#N)C2)C[C@H]1c1ccc(C(=O)N2CC3(COC3)C2)cc1. The van der Waals surface area contributed by atoms with Crippen molar-refractivity contribution in [3.8, 4) is 11.8 Å². The summed E-state index contributed by atoms with van der Waals surface area (Å²) in [5.74, 6) is 1.23. The number of piperidine rings is 1. The summed E-state index contributed by atoms with van der Waals surface area (Å²) >= 11 is 0. The highest BCUT2D eigenvalue weighted by Crippen LogP contribution is 2.57. The third-order valence-electron chi connectivity index (χ3n) is 9.93. The summed E-state index contributed by atoms with van der Waals surface area (Å²) in [5, 5.41) is 10.7. The number of H-pyrrole nitrogens is 1. The predicted octanol–water partition coefficient (Wildman–Crippen LogP) is 5.21. The average Bonchev–Trinajstić information content (AvgIpc) is 3.38. The number of nitrogens with one attached hydrogen (secondary N) is 1. The Morgan fingerprint density at radius 2 is 1.92 bits per heavy atom. The van der Waals surface area contributed by atoms with Gasteiger partial charge in [0.1, 0.15) is 5.75 Å². The third kappa shape index (κ3) is 4.04. The largest absolute Gasteiger partial charge is 0.496 e. The number of hydrogen-bond acceptors (Lipinski definition) is 5. The molecule has 1 aromatic heterocycles. The Morgan fingerprint density at radius 3 is 2.59 bits per heavy atom. The van der Waals surface area contributed by atoms with Gasteiger partial charge in [-0.1, -0.05) is 12.1 Å². The summed E-state index contributed by atoms with van der Waals surface area (Å²) in [5.41, 5.74) is 6.02. The van der Waals surface area contributed by atoms with Gasteiger partial charge in [0.2, 0.25) is 0 Å². The van der Waals surface area contributed by atoms with E-state index in [2.05, 4.69) is 47.1 Å². The van der Waals surface area contributed by atoms with Crippen molar-refractivity contribution in [2.75, 3.05) is 40.0 Å². The van der Waals surface area contributed by atoms with E-state index in [9.17, 15) is 10.1 Å². The highest BCUT2D eigenvalue weighted by molar-refractivity contribution is 5.95. The minimum atomic E-state index is 0.117. The smallest absolute Gasteiger partial charge is 0.253 e. The number of aromatic amines is 1. The van der Waals surface area contributed by atoms with Gasteiger partial charge in [0.05, 0.1) is 31.8 Å². The van der Waals surface area contributed by atoms with E-state index >= 15 is 0 Å². The van der Waals surface area contributed by atoms with Crippen LogP contribution in [0.25, 0.3) is 10.9 Å². The fraction of sp³-hybridized carbons (Fsp3) is 0.500. The van der Waals surface area contributed by atoms with Gasteiger partial charge in [-0.05, 0) is 80.0 Å². The number of methoxy groups -OCH3 is 1. The lowest BCUT2D eigenvalue weighted by Gasteiger charge is -2.55. The van der Waals surface area contributed by atoms with Gasteiger partial charge >= 0.3 is 0 Å². The zero-order valence-corrected chi connectivity index (χ0v) is 22.8. The maximum atomic E-state index is 13.1. The van der Waals surface area contributed by atoms with Gasteiger partial charge in [0, 0.05) is 59.8 Å². The molecule has 1 aliphatic carbocycles. The number of hydrogen-bond donors (Lipinski definition) is 1. The van der Waals surface area contributed by atoms with Crippen molar-refractivity contribution >= 4 is 16.8 Å². The Hall–Kier alpha value is -3.34. The number of nitrogens with zero attached hydrogens (tertiary/aromatic N) is 3. The molecule has 1 amide bonds. The van der Waals surface area contributed by atoms with Crippen LogP contribution in [0.2, 0.25) is 0 Å². The van der Waals surface area contributed by atoms with Crippen molar-refractivity contribution in [3.05, 3.63) is 64.8 Å². The van der Waals surface area contributed by atoms with E-state index in [4.69, 9.17) is 9.47 Å². The molecule has 0 bridgehead atoms. The highest BCUT2D eigenvalue weighted by atomic mass is 16.5. The van der Waals surface area contributed by atoms with Crippen LogP contribution in [0.15, 0.2) is 42.6 Å². The Labute approximate surface area is 229 Å². The number of aryl methyl sites for hydroxylation is 1. The maximum absolute atomic E-state index is 13.1. The van der Waals surface area contributed by atoms with Gasteiger partial charge in [-0.15, -0.1) is 0 Å². The summed E-state index contributed by atoms with van der Waals surface area (Å²) in [6.07, 6.45) is 6.16. The van der Waals surface area contributed by atoms with Gasteiger partial charge in [0.25, 0.3) is 5.91 Å². The highest BCUT2D eigenvalue weighted by Gasteiger charge is 2.51. The zero-order valence-electron chi connectivity index (χ0n) is 22.8. The van der Waals surface area contributed by atoms with Crippen LogP contribution in [0.4, 0.5) is 0 Å². The molecule has 3 aliphatic heterocycles. The lowest BCUT2D eigenvalue weighted by atomic mass is 9.56. The number of carbonyl (C=O) groups excluding carboxylic acids is 1. The first-order valence-corrected chi connectivity index (χ1v) is 14.2. The minimum Gasteiger partial charge on any atom is -0.496 e. The summed E-state index contributed by atoms with van der Waals surface area (Å²) in [6.45, 7) is 7.05. The predicted molar refractivity (Wildman–Crippen MR) is 148 cm³/mol. The monoisotopic (exact) mass is 524 g/mol. The van der Waals surface area contributed by atoms with Crippen molar-refractivity contribution in [1.82, 2.24) is 14.8 Å². The molecule has 202 valence electrons. The number of fused-ring (bicyclic) bond motifs is 1.